The van der Waals surface area contributed by atoms with Gasteiger partial charge >= 0.3 is 0 Å². The van der Waals surface area contributed by atoms with Gasteiger partial charge in [-0.15, -0.1) is 11.6 Å². The van der Waals surface area contributed by atoms with E-state index < -0.39 is 12.7 Å². The van der Waals surface area contributed by atoms with Crippen LogP contribution in [-0.2, 0) is 5.41 Å². The Morgan fingerprint density at radius 1 is 0.967 bits per heavy atom. The monoisotopic (exact) mass is 478 g/mol. The van der Waals surface area contributed by atoms with E-state index in [0.717, 1.165) is 30.4 Å². The van der Waals surface area contributed by atoms with E-state index in [1.165, 1.54) is 0 Å². The Bertz CT molecular complexity index is 743. The molecule has 0 aromatic heterocycles. The predicted octanol–water partition coefficient (Wildman–Crippen LogP) is 4.67. The van der Waals surface area contributed by atoms with Crippen molar-refractivity contribution in [2.45, 2.75) is 31.8 Å². The van der Waals surface area contributed by atoms with Gasteiger partial charge in [-0.25, -0.2) is 0 Å². The topological polar surface area (TPSA) is 79.2 Å². The molecule has 1 atom stereocenters. The Morgan fingerprint density at radius 2 is 1.53 bits per heavy atom. The van der Waals surface area contributed by atoms with Crippen LogP contribution in [0.3, 0.4) is 0 Å². The lowest BCUT2D eigenvalue weighted by atomic mass is 9.78. The highest BCUT2D eigenvalue weighted by Crippen LogP contribution is 2.40. The van der Waals surface area contributed by atoms with Crippen LogP contribution in [0, 0.1) is 0 Å². The maximum atomic E-state index is 9.45. The molecule has 5 nitrogen and oxygen atoms in total. The number of benzene rings is 2. The normalized spacial score (nSPS) is 12.0. The van der Waals surface area contributed by atoms with E-state index in [0.29, 0.717) is 28.3 Å². The number of ether oxygens (including phenoxy) is 2. The molecule has 0 amide bonds. The van der Waals surface area contributed by atoms with Crippen LogP contribution in [0.4, 0.5) is 0 Å². The predicted molar refractivity (Wildman–Crippen MR) is 123 cm³/mol. The van der Waals surface area contributed by atoms with Crippen molar-refractivity contribution < 1.29 is 24.8 Å². The first kappa shape index (κ1) is 26.8. The van der Waals surface area contributed by atoms with Crippen LogP contribution in [0.15, 0.2) is 36.4 Å². The fraction of sp³-hybridized carbons (Fsp3) is 0.455. The summed E-state index contributed by atoms with van der Waals surface area (Å²) in [6.07, 6.45) is -0.191. The van der Waals surface area contributed by atoms with E-state index >= 15 is 0 Å². The molecule has 0 aliphatic heterocycles. The van der Waals surface area contributed by atoms with Gasteiger partial charge in [-0.3, -0.25) is 0 Å². The molecule has 8 heteroatoms. The van der Waals surface area contributed by atoms with Crippen LogP contribution in [0.1, 0.15) is 31.4 Å². The number of hydrogen-bond acceptors (Lipinski definition) is 5. The summed E-state index contributed by atoms with van der Waals surface area (Å²) in [6, 6.07) is 11.5. The lowest BCUT2D eigenvalue weighted by molar-refractivity contribution is 0.0536. The third-order valence-corrected chi connectivity index (χ3v) is 5.30. The first-order valence-corrected chi connectivity index (χ1v) is 10.7. The number of aliphatic hydroxyl groups is 3. The summed E-state index contributed by atoms with van der Waals surface area (Å²) >= 11 is 18.4. The summed E-state index contributed by atoms with van der Waals surface area (Å²) < 4.78 is 11.1. The molecule has 0 saturated heterocycles. The number of halogens is 3. The van der Waals surface area contributed by atoms with Crippen molar-refractivity contribution in [3.8, 4) is 11.5 Å². The molecular formula is C22H29Cl3O5. The van der Waals surface area contributed by atoms with Gasteiger partial charge in [0.1, 0.15) is 18.5 Å². The first-order chi connectivity index (χ1) is 14.3. The third-order valence-electron chi connectivity index (χ3n) is 4.47. The van der Waals surface area contributed by atoms with Crippen molar-refractivity contribution in [3.63, 3.8) is 0 Å². The van der Waals surface area contributed by atoms with Crippen molar-refractivity contribution in [2.75, 3.05) is 32.8 Å². The number of alkyl halides is 1. The van der Waals surface area contributed by atoms with Crippen molar-refractivity contribution >= 4 is 34.8 Å². The highest BCUT2D eigenvalue weighted by Gasteiger charge is 2.26. The maximum absolute atomic E-state index is 9.45. The molecule has 30 heavy (non-hydrogen) atoms. The fourth-order valence-electron chi connectivity index (χ4n) is 2.67. The lowest BCUT2D eigenvalue weighted by Crippen LogP contribution is -2.22. The van der Waals surface area contributed by atoms with Gasteiger partial charge in [0.2, 0.25) is 0 Å². The first-order valence-electron chi connectivity index (χ1n) is 9.45. The molecule has 2 aromatic carbocycles. The van der Waals surface area contributed by atoms with Gasteiger partial charge in [0.15, 0.2) is 5.75 Å². The summed E-state index contributed by atoms with van der Waals surface area (Å²) in [5.74, 6) is 1.66. The van der Waals surface area contributed by atoms with Crippen molar-refractivity contribution in [1.29, 1.82) is 0 Å². The zero-order chi connectivity index (χ0) is 22.7. The van der Waals surface area contributed by atoms with E-state index in [1.807, 2.05) is 24.3 Å². The molecule has 0 bridgehead atoms. The molecule has 0 aliphatic carbocycles. The van der Waals surface area contributed by atoms with Crippen LogP contribution in [0.2, 0.25) is 10.0 Å². The number of aliphatic hydroxyl groups excluding tert-OH is 3. The SMILES string of the molecule is CC(C)(c1ccc(OCCCCl)cc1)c1cc(Cl)c(OCC(O)CO)c(Cl)c1.CO. The van der Waals surface area contributed by atoms with Crippen LogP contribution in [0.5, 0.6) is 11.5 Å². The molecule has 0 aliphatic rings. The van der Waals surface area contributed by atoms with Gasteiger partial charge in [0.25, 0.3) is 0 Å². The highest BCUT2D eigenvalue weighted by molar-refractivity contribution is 6.37. The largest absolute Gasteiger partial charge is 0.494 e. The molecule has 0 heterocycles. The molecule has 0 saturated carbocycles. The molecule has 0 spiro atoms. The standard InChI is InChI=1S/C21H25Cl3O4.CH4O/c1-21(2,14-4-6-17(7-5-14)27-9-3-8-22)15-10-18(23)20(19(24)11-15)28-13-16(26)12-25;1-2/h4-7,10-11,16,25-26H,3,8-9,12-13H2,1-2H3;2H,1H3. The minimum absolute atomic E-state index is 0.0934. The van der Waals surface area contributed by atoms with Crippen molar-refractivity contribution in [1.82, 2.24) is 0 Å². The Morgan fingerprint density at radius 3 is 2.03 bits per heavy atom. The van der Waals surface area contributed by atoms with E-state index in [4.69, 9.17) is 54.5 Å². The number of hydrogen-bond donors (Lipinski definition) is 3. The molecule has 0 fully saturated rings. The maximum Gasteiger partial charge on any atom is 0.156 e. The molecule has 168 valence electrons. The molecule has 0 radical (unpaired) electrons. The molecule has 2 aromatic rings. The van der Waals surface area contributed by atoms with Crippen LogP contribution < -0.4 is 9.47 Å². The molecule has 2 rings (SSSR count). The second kappa shape index (κ2) is 13.3. The average molecular weight is 480 g/mol. The quantitative estimate of drug-likeness (QED) is 0.341. The summed E-state index contributed by atoms with van der Waals surface area (Å²) in [5, 5.41) is 26.0. The summed E-state index contributed by atoms with van der Waals surface area (Å²) in [7, 11) is 1.00. The second-order valence-corrected chi connectivity index (χ2v) is 8.15. The van der Waals surface area contributed by atoms with Crippen molar-refractivity contribution in [3.05, 3.63) is 57.6 Å². The van der Waals surface area contributed by atoms with Gasteiger partial charge in [-0.1, -0.05) is 49.2 Å². The zero-order valence-corrected chi connectivity index (χ0v) is 19.6. The summed E-state index contributed by atoms with van der Waals surface area (Å²) in [5.41, 5.74) is 1.65. The van der Waals surface area contributed by atoms with E-state index in [-0.39, 0.29) is 12.0 Å². The minimum Gasteiger partial charge on any atom is -0.494 e. The molecule has 1 unspecified atom stereocenters. The van der Waals surface area contributed by atoms with Crippen LogP contribution >= 0.6 is 34.8 Å². The lowest BCUT2D eigenvalue weighted by Gasteiger charge is -2.27. The van der Waals surface area contributed by atoms with Gasteiger partial charge in [-0.2, -0.15) is 0 Å². The molecular weight excluding hydrogens is 451 g/mol. The smallest absolute Gasteiger partial charge is 0.156 e. The van der Waals surface area contributed by atoms with Gasteiger partial charge in [0.05, 0.1) is 23.3 Å². The Hall–Kier alpha value is -1.21. The summed E-state index contributed by atoms with van der Waals surface area (Å²) in [4.78, 5) is 0. The van der Waals surface area contributed by atoms with Crippen LogP contribution in [-0.4, -0.2) is 54.2 Å². The molecule has 3 N–H and O–H groups in total. The Kier molecular flexibility index (Phi) is 11.9. The fourth-order valence-corrected chi connectivity index (χ4v) is 3.38. The Balaban J connectivity index is 0.00000218. The zero-order valence-electron chi connectivity index (χ0n) is 17.4. The van der Waals surface area contributed by atoms with E-state index in [1.54, 1.807) is 12.1 Å². The summed E-state index contributed by atoms with van der Waals surface area (Å²) in [6.45, 7) is 4.25. The van der Waals surface area contributed by atoms with Gasteiger partial charge in [-0.05, 0) is 41.8 Å². The van der Waals surface area contributed by atoms with Crippen LogP contribution in [0.25, 0.3) is 0 Å². The number of rotatable bonds is 10. The highest BCUT2D eigenvalue weighted by atomic mass is 35.5. The minimum atomic E-state index is -0.992. The Labute approximate surface area is 193 Å². The van der Waals surface area contributed by atoms with E-state index in [9.17, 15) is 5.11 Å². The third kappa shape index (κ3) is 7.49. The second-order valence-electron chi connectivity index (χ2n) is 6.96. The average Bonchev–Trinajstić information content (AvgIpc) is 2.74. The van der Waals surface area contributed by atoms with E-state index in [2.05, 4.69) is 13.8 Å². The van der Waals surface area contributed by atoms with Crippen molar-refractivity contribution in [2.24, 2.45) is 0 Å². The van der Waals surface area contributed by atoms with Gasteiger partial charge < -0.3 is 24.8 Å². The van der Waals surface area contributed by atoms with Gasteiger partial charge in [0, 0.05) is 18.4 Å².